The van der Waals surface area contributed by atoms with Crippen LogP contribution in [0.25, 0.3) is 0 Å². The van der Waals surface area contributed by atoms with Crippen LogP contribution in [-0.2, 0) is 28.9 Å². The van der Waals surface area contributed by atoms with E-state index < -0.39 is 0 Å². The number of nitrogens with zero attached hydrogens (tertiary/aromatic N) is 2. The fourth-order valence-electron chi connectivity index (χ4n) is 4.61. The van der Waals surface area contributed by atoms with Gasteiger partial charge < -0.3 is 15.8 Å². The highest BCUT2D eigenvalue weighted by molar-refractivity contribution is 7.11. The summed E-state index contributed by atoms with van der Waals surface area (Å²) in [5, 5.41) is 4.22. The van der Waals surface area contributed by atoms with Crippen LogP contribution < -0.4 is 11.1 Å². The first-order valence-corrected chi connectivity index (χ1v) is 11.3. The lowest BCUT2D eigenvalue weighted by molar-refractivity contribution is -0.126. The van der Waals surface area contributed by atoms with Crippen molar-refractivity contribution in [2.75, 3.05) is 26.3 Å². The summed E-state index contributed by atoms with van der Waals surface area (Å²) in [5.41, 5.74) is 7.57. The van der Waals surface area contributed by atoms with Crippen LogP contribution in [0.4, 0.5) is 0 Å². The van der Waals surface area contributed by atoms with Crippen molar-refractivity contribution in [3.8, 4) is 0 Å². The molecule has 3 N–H and O–H groups in total. The van der Waals surface area contributed by atoms with Crippen LogP contribution in [-0.4, -0.2) is 54.2 Å². The molecule has 0 saturated carbocycles. The molecule has 4 rings (SSSR count). The molecule has 29 heavy (non-hydrogen) atoms. The number of fused-ring (bicyclic) bond motifs is 1. The fourth-order valence-corrected chi connectivity index (χ4v) is 5.70. The van der Waals surface area contributed by atoms with Crippen molar-refractivity contribution in [2.45, 2.75) is 70.0 Å². The highest BCUT2D eigenvalue weighted by atomic mass is 35.5. The number of carbonyl (C=O) groups is 1. The number of rotatable bonds is 4. The Morgan fingerprint density at radius 3 is 2.66 bits per heavy atom. The summed E-state index contributed by atoms with van der Waals surface area (Å²) in [6.45, 7) is 3.92. The van der Waals surface area contributed by atoms with Gasteiger partial charge >= 0.3 is 0 Å². The predicted molar refractivity (Wildman–Crippen MR) is 121 cm³/mol. The summed E-state index contributed by atoms with van der Waals surface area (Å²) in [4.78, 5) is 21.5. The van der Waals surface area contributed by atoms with Gasteiger partial charge in [0.05, 0.1) is 18.2 Å². The van der Waals surface area contributed by atoms with Gasteiger partial charge in [0.2, 0.25) is 5.91 Å². The van der Waals surface area contributed by atoms with Gasteiger partial charge in [-0.3, -0.25) is 9.69 Å². The van der Waals surface area contributed by atoms with Crippen molar-refractivity contribution in [1.82, 2.24) is 15.2 Å². The summed E-state index contributed by atoms with van der Waals surface area (Å²) in [6.07, 6.45) is 8.65. The topological polar surface area (TPSA) is 80.5 Å². The molecule has 0 radical (unpaired) electrons. The summed E-state index contributed by atoms with van der Waals surface area (Å²) < 4.78 is 5.50. The van der Waals surface area contributed by atoms with E-state index in [1.54, 1.807) is 11.3 Å². The Bertz CT molecular complexity index is 631. The van der Waals surface area contributed by atoms with Gasteiger partial charge in [-0.1, -0.05) is 0 Å². The second-order valence-corrected chi connectivity index (χ2v) is 9.40. The van der Waals surface area contributed by atoms with E-state index >= 15 is 0 Å². The first-order chi connectivity index (χ1) is 13.2. The number of halogens is 2. The SMILES string of the molecule is Cl.Cl.N[C@H]1CC[C@@H](C(=O)NCc2nc3c(s2)CCCC3)CN(C2CCOCC2)C1. The lowest BCUT2D eigenvalue weighted by Gasteiger charge is -2.35. The highest BCUT2D eigenvalue weighted by Crippen LogP contribution is 2.27. The Morgan fingerprint density at radius 1 is 1.14 bits per heavy atom. The first-order valence-electron chi connectivity index (χ1n) is 10.5. The first kappa shape index (κ1) is 24.8. The van der Waals surface area contributed by atoms with Gasteiger partial charge in [0.15, 0.2) is 0 Å². The van der Waals surface area contributed by atoms with Gasteiger partial charge in [0, 0.05) is 43.3 Å². The largest absolute Gasteiger partial charge is 0.381 e. The van der Waals surface area contributed by atoms with Crippen LogP contribution in [0, 0.1) is 5.92 Å². The quantitative estimate of drug-likeness (QED) is 0.715. The monoisotopic (exact) mass is 464 g/mol. The van der Waals surface area contributed by atoms with Gasteiger partial charge in [0.1, 0.15) is 5.01 Å². The molecule has 1 aliphatic carbocycles. The van der Waals surface area contributed by atoms with E-state index in [0.717, 1.165) is 69.8 Å². The summed E-state index contributed by atoms with van der Waals surface area (Å²) in [5.74, 6) is 0.185. The van der Waals surface area contributed by atoms with E-state index in [1.165, 1.54) is 23.4 Å². The van der Waals surface area contributed by atoms with Crippen molar-refractivity contribution in [2.24, 2.45) is 11.7 Å². The number of thiazole rings is 1. The third-order valence-corrected chi connectivity index (χ3v) is 7.35. The minimum atomic E-state index is 0. The van der Waals surface area contributed by atoms with E-state index in [0.29, 0.717) is 12.6 Å². The molecular formula is C20H34Cl2N4O2S. The molecule has 2 saturated heterocycles. The minimum absolute atomic E-state index is 0. The predicted octanol–water partition coefficient (Wildman–Crippen LogP) is 2.70. The van der Waals surface area contributed by atoms with Crippen molar-refractivity contribution in [3.05, 3.63) is 15.6 Å². The maximum atomic E-state index is 12.9. The maximum Gasteiger partial charge on any atom is 0.224 e. The Labute approximate surface area is 190 Å². The molecular weight excluding hydrogens is 431 g/mol. The number of hydrogen-bond acceptors (Lipinski definition) is 6. The lowest BCUT2D eigenvalue weighted by Crippen LogP contribution is -2.47. The Hall–Kier alpha value is -0.440. The zero-order chi connectivity index (χ0) is 18.6. The van der Waals surface area contributed by atoms with Crippen LogP contribution in [0.5, 0.6) is 0 Å². The number of carbonyl (C=O) groups excluding carboxylic acids is 1. The molecule has 166 valence electrons. The number of aryl methyl sites for hydroxylation is 2. The minimum Gasteiger partial charge on any atom is -0.381 e. The van der Waals surface area contributed by atoms with Gasteiger partial charge in [-0.15, -0.1) is 36.2 Å². The van der Waals surface area contributed by atoms with E-state index in [9.17, 15) is 4.79 Å². The number of hydrogen-bond donors (Lipinski definition) is 2. The summed E-state index contributed by atoms with van der Waals surface area (Å²) in [6, 6.07) is 0.667. The molecule has 0 spiro atoms. The maximum absolute atomic E-state index is 12.9. The fraction of sp³-hybridized carbons (Fsp3) is 0.800. The molecule has 2 fully saturated rings. The molecule has 1 aromatic rings. The molecule has 3 heterocycles. The summed E-state index contributed by atoms with van der Waals surface area (Å²) in [7, 11) is 0. The van der Waals surface area contributed by atoms with Crippen LogP contribution in [0.15, 0.2) is 0 Å². The molecule has 0 aromatic carbocycles. The smallest absolute Gasteiger partial charge is 0.224 e. The second-order valence-electron chi connectivity index (χ2n) is 8.23. The standard InChI is InChI=1S/C20H32N4O2S.2ClH/c21-15-6-5-14(12-24(13-15)16-7-9-26-10-8-16)20(25)22-11-19-23-17-3-1-2-4-18(17)27-19;;/h14-16H,1-13,21H2,(H,22,25);2*1H/t14-,15+;;/m1../s1. The number of aromatic nitrogens is 1. The Kier molecular flexibility index (Phi) is 10.1. The molecule has 6 nitrogen and oxygen atoms in total. The van der Waals surface area contributed by atoms with Crippen LogP contribution in [0.1, 0.15) is 54.1 Å². The van der Waals surface area contributed by atoms with Gasteiger partial charge in [-0.25, -0.2) is 4.98 Å². The van der Waals surface area contributed by atoms with Crippen molar-refractivity contribution in [1.29, 1.82) is 0 Å². The molecule has 2 atom stereocenters. The Balaban J connectivity index is 0.00000150. The number of ether oxygens (including phenoxy) is 1. The number of nitrogens with one attached hydrogen (secondary N) is 1. The average molecular weight is 465 g/mol. The second kappa shape index (κ2) is 11.8. The van der Waals surface area contributed by atoms with Crippen LogP contribution >= 0.6 is 36.2 Å². The average Bonchev–Trinajstić information content (AvgIpc) is 3.01. The zero-order valence-corrected chi connectivity index (χ0v) is 19.4. The van der Waals surface area contributed by atoms with E-state index in [2.05, 4.69) is 10.2 Å². The lowest BCUT2D eigenvalue weighted by atomic mass is 10.0. The Morgan fingerprint density at radius 2 is 1.90 bits per heavy atom. The molecule has 0 unspecified atom stereocenters. The van der Waals surface area contributed by atoms with Crippen molar-refractivity contribution in [3.63, 3.8) is 0 Å². The van der Waals surface area contributed by atoms with Gasteiger partial charge in [0.25, 0.3) is 0 Å². The highest BCUT2D eigenvalue weighted by Gasteiger charge is 2.31. The van der Waals surface area contributed by atoms with Crippen molar-refractivity contribution >= 4 is 42.1 Å². The molecule has 9 heteroatoms. The van der Waals surface area contributed by atoms with E-state index in [4.69, 9.17) is 15.5 Å². The van der Waals surface area contributed by atoms with Crippen LogP contribution in [0.3, 0.4) is 0 Å². The third kappa shape index (κ3) is 6.52. The number of amides is 1. The van der Waals surface area contributed by atoms with Crippen LogP contribution in [0.2, 0.25) is 0 Å². The van der Waals surface area contributed by atoms with E-state index in [-0.39, 0.29) is 42.7 Å². The van der Waals surface area contributed by atoms with E-state index in [1.807, 2.05) is 0 Å². The third-order valence-electron chi connectivity index (χ3n) is 6.19. The summed E-state index contributed by atoms with van der Waals surface area (Å²) >= 11 is 1.78. The van der Waals surface area contributed by atoms with Gasteiger partial charge in [-0.2, -0.15) is 0 Å². The normalized spacial score (nSPS) is 25.8. The molecule has 1 aromatic heterocycles. The molecule has 1 amide bonds. The molecule has 2 aliphatic heterocycles. The number of nitrogens with two attached hydrogens (primary N) is 1. The number of likely N-dealkylation sites (tertiary alicyclic amines) is 1. The van der Waals surface area contributed by atoms with Gasteiger partial charge in [-0.05, 0) is 51.4 Å². The zero-order valence-electron chi connectivity index (χ0n) is 16.9. The molecule has 3 aliphatic rings. The molecule has 0 bridgehead atoms. The van der Waals surface area contributed by atoms with Crippen molar-refractivity contribution < 1.29 is 9.53 Å².